The van der Waals surface area contributed by atoms with Crippen molar-refractivity contribution in [2.45, 2.75) is 6.92 Å². The van der Waals surface area contributed by atoms with E-state index in [1.807, 2.05) is 28.2 Å². The Morgan fingerprint density at radius 1 is 0.198 bits per heavy atom. The van der Waals surface area contributed by atoms with Gasteiger partial charge < -0.3 is 21.3 Å². The van der Waals surface area contributed by atoms with Gasteiger partial charge in [0.1, 0.15) is 0 Å². The lowest BCUT2D eigenvalue weighted by atomic mass is 9.92. The molecule has 81 heavy (non-hydrogen) atoms. The zero-order valence-corrected chi connectivity index (χ0v) is 46.4. The van der Waals surface area contributed by atoms with Crippen LogP contribution < -0.4 is 21.3 Å². The highest BCUT2D eigenvalue weighted by atomic mass is 14.8. The highest BCUT2D eigenvalue weighted by molar-refractivity contribution is 5.85. The highest BCUT2D eigenvalue weighted by Crippen LogP contribution is 2.37. The van der Waals surface area contributed by atoms with Crippen molar-refractivity contribution in [3.8, 4) is 112 Å². The average molecular weight is 1050 g/mol. The fourth-order valence-electron chi connectivity index (χ4n) is 10.2. The summed E-state index contributed by atoms with van der Waals surface area (Å²) in [5, 5.41) is 13.0. The number of aromatic nitrogens is 2. The Kier molecular flexibility index (Phi) is 16.0. The lowest BCUT2D eigenvalue weighted by Crippen LogP contribution is -1.94. The van der Waals surface area contributed by atoms with E-state index in [-0.39, 0.29) is 0 Å². The topological polar surface area (TPSA) is 73.9 Å². The first-order chi connectivity index (χ1) is 39.8. The van der Waals surface area contributed by atoms with Gasteiger partial charge in [-0.3, -0.25) is 0 Å². The standard InChI is InChI=1S/C43H35N3.C32H29N3/c1-44-40-17-9-15-34(26-40)42-28-39(29-43(46-42)35-16-10-18-41(27-35)45-2)33-21-19-32(20-22-33)38-24-36(30-11-5-3-6-12-30)23-37(25-38)31-13-7-4-8-14-31;1-22-10-12-23(13-11-22)24-14-16-25(17-15-24)28-20-31(26-6-4-8-29(18-26)33-2)35-32(21-28)27-7-5-9-30(19-27)34-3/h3-29,44-45H,1-2H3;4-21,33-34H,1-3H3. The van der Waals surface area contributed by atoms with Crippen LogP contribution in [-0.4, -0.2) is 38.2 Å². The van der Waals surface area contributed by atoms with Crippen molar-refractivity contribution in [1.29, 1.82) is 0 Å². The molecule has 2 heterocycles. The van der Waals surface area contributed by atoms with Crippen LogP contribution >= 0.6 is 0 Å². The first-order valence-electron chi connectivity index (χ1n) is 27.5. The van der Waals surface area contributed by atoms with Gasteiger partial charge in [0.25, 0.3) is 0 Å². The summed E-state index contributed by atoms with van der Waals surface area (Å²) >= 11 is 0. The summed E-state index contributed by atoms with van der Waals surface area (Å²) in [5.41, 5.74) is 27.8. The molecular formula is C75H64N6. The van der Waals surface area contributed by atoms with Gasteiger partial charge in [0.2, 0.25) is 0 Å². The average Bonchev–Trinajstić information content (AvgIpc) is 3.55. The summed E-state index contributed by atoms with van der Waals surface area (Å²) in [6, 6.07) is 96.8. The number of hydrogen-bond donors (Lipinski definition) is 4. The number of nitrogens with zero attached hydrogens (tertiary/aromatic N) is 2. The molecule has 0 aliphatic heterocycles. The summed E-state index contributed by atoms with van der Waals surface area (Å²) in [7, 11) is 7.76. The summed E-state index contributed by atoms with van der Waals surface area (Å²) in [5.74, 6) is 0. The van der Waals surface area contributed by atoms with Crippen molar-refractivity contribution < 1.29 is 0 Å². The van der Waals surface area contributed by atoms with Gasteiger partial charge in [-0.15, -0.1) is 0 Å². The van der Waals surface area contributed by atoms with Crippen LogP contribution in [0, 0.1) is 6.92 Å². The Morgan fingerprint density at radius 3 is 0.691 bits per heavy atom. The summed E-state index contributed by atoms with van der Waals surface area (Å²) in [4.78, 5) is 10.2. The normalized spacial score (nSPS) is 10.8. The predicted octanol–water partition coefficient (Wildman–Crippen LogP) is 19.3. The van der Waals surface area contributed by atoms with E-state index in [0.717, 1.165) is 84.5 Å². The molecule has 0 fully saturated rings. The van der Waals surface area contributed by atoms with Crippen molar-refractivity contribution in [2.24, 2.45) is 0 Å². The van der Waals surface area contributed by atoms with Gasteiger partial charge in [-0.2, -0.15) is 0 Å². The minimum atomic E-state index is 0.937. The second-order valence-corrected chi connectivity index (χ2v) is 20.1. The third-order valence-electron chi connectivity index (χ3n) is 14.7. The third-order valence-corrected chi connectivity index (χ3v) is 14.7. The van der Waals surface area contributed by atoms with Crippen molar-refractivity contribution in [1.82, 2.24) is 9.97 Å². The van der Waals surface area contributed by atoms with Gasteiger partial charge in [-0.25, -0.2) is 9.97 Å². The molecule has 394 valence electrons. The van der Waals surface area contributed by atoms with Crippen LogP contribution in [0.4, 0.5) is 22.7 Å². The number of anilines is 4. The van der Waals surface area contributed by atoms with Crippen LogP contribution in [0.3, 0.4) is 0 Å². The monoisotopic (exact) mass is 1050 g/mol. The quantitative estimate of drug-likeness (QED) is 0.0870. The number of aryl methyl sites for hydroxylation is 1. The minimum Gasteiger partial charge on any atom is -0.388 e. The molecule has 0 saturated heterocycles. The molecule has 6 nitrogen and oxygen atoms in total. The van der Waals surface area contributed by atoms with Crippen molar-refractivity contribution in [3.63, 3.8) is 0 Å². The van der Waals surface area contributed by atoms with Crippen molar-refractivity contribution >= 4 is 22.7 Å². The summed E-state index contributed by atoms with van der Waals surface area (Å²) < 4.78 is 0. The van der Waals surface area contributed by atoms with E-state index in [4.69, 9.17) is 9.97 Å². The zero-order valence-electron chi connectivity index (χ0n) is 46.4. The molecule has 12 aromatic rings. The summed E-state index contributed by atoms with van der Waals surface area (Å²) in [6.07, 6.45) is 0. The van der Waals surface area contributed by atoms with E-state index < -0.39 is 0 Å². The molecule has 4 N–H and O–H groups in total. The van der Waals surface area contributed by atoms with Crippen LogP contribution in [0.2, 0.25) is 0 Å². The van der Waals surface area contributed by atoms with E-state index in [1.165, 1.54) is 55.6 Å². The van der Waals surface area contributed by atoms with E-state index in [2.05, 4.69) is 301 Å². The molecule has 2 aromatic heterocycles. The van der Waals surface area contributed by atoms with Gasteiger partial charge in [-0.1, -0.05) is 188 Å². The smallest absolute Gasteiger partial charge is 0.0716 e. The molecule has 6 heteroatoms. The maximum Gasteiger partial charge on any atom is 0.0716 e. The van der Waals surface area contributed by atoms with E-state index in [9.17, 15) is 0 Å². The number of rotatable bonds is 14. The predicted molar refractivity (Wildman–Crippen MR) is 346 cm³/mol. The molecule has 0 unspecified atom stereocenters. The molecule has 0 aliphatic carbocycles. The Balaban J connectivity index is 0.000000177. The largest absolute Gasteiger partial charge is 0.388 e. The molecule has 0 radical (unpaired) electrons. The number of pyridine rings is 2. The lowest BCUT2D eigenvalue weighted by Gasteiger charge is -2.13. The van der Waals surface area contributed by atoms with Crippen molar-refractivity contribution in [2.75, 3.05) is 49.5 Å². The molecule has 12 rings (SSSR count). The van der Waals surface area contributed by atoms with Gasteiger partial charge in [-0.05, 0) is 165 Å². The molecule has 0 bridgehead atoms. The maximum atomic E-state index is 5.14. The number of hydrogen-bond acceptors (Lipinski definition) is 6. The number of benzene rings is 10. The van der Waals surface area contributed by atoms with Crippen molar-refractivity contribution in [3.05, 3.63) is 279 Å². The Labute approximate surface area is 477 Å². The van der Waals surface area contributed by atoms with Gasteiger partial charge in [0, 0.05) is 73.2 Å². The Bertz CT molecular complexity index is 3890. The van der Waals surface area contributed by atoms with Crippen LogP contribution in [0.15, 0.2) is 273 Å². The number of nitrogens with one attached hydrogen (secondary N) is 4. The lowest BCUT2D eigenvalue weighted by molar-refractivity contribution is 1.32. The van der Waals surface area contributed by atoms with Crippen LogP contribution in [-0.2, 0) is 0 Å². The molecule has 10 aromatic carbocycles. The molecule has 0 spiro atoms. The highest BCUT2D eigenvalue weighted by Gasteiger charge is 2.14. The first kappa shape index (κ1) is 52.7. The molecule has 0 saturated carbocycles. The minimum absolute atomic E-state index is 0.937. The van der Waals surface area contributed by atoms with E-state index in [1.54, 1.807) is 0 Å². The second-order valence-electron chi connectivity index (χ2n) is 20.1. The molecule has 0 aliphatic rings. The second kappa shape index (κ2) is 24.6. The maximum absolute atomic E-state index is 5.14. The van der Waals surface area contributed by atoms with Gasteiger partial charge in [0.15, 0.2) is 0 Å². The fraction of sp³-hybridized carbons (Fsp3) is 0.0667. The fourth-order valence-corrected chi connectivity index (χ4v) is 10.2. The van der Waals surface area contributed by atoms with Crippen LogP contribution in [0.25, 0.3) is 112 Å². The van der Waals surface area contributed by atoms with E-state index in [0.29, 0.717) is 0 Å². The molecular weight excluding hydrogens is 985 g/mol. The van der Waals surface area contributed by atoms with Gasteiger partial charge in [0.05, 0.1) is 22.8 Å². The Morgan fingerprint density at radius 2 is 0.420 bits per heavy atom. The molecule has 0 amide bonds. The molecule has 0 atom stereocenters. The van der Waals surface area contributed by atoms with E-state index >= 15 is 0 Å². The SMILES string of the molecule is CNc1cccc(-c2cc(-c3ccc(-c4cc(-c5ccccc5)cc(-c5ccccc5)c4)cc3)cc(-c3cccc(NC)c3)n2)c1.CNc1cccc(-c2cc(-c3ccc(-c4ccc(C)cc4)cc3)cc(-c3cccc(NC)c3)n2)c1. The zero-order chi connectivity index (χ0) is 55.5. The van der Waals surface area contributed by atoms with Crippen LogP contribution in [0.1, 0.15) is 5.56 Å². The Hall–Kier alpha value is -10.3. The third kappa shape index (κ3) is 12.5. The van der Waals surface area contributed by atoms with Gasteiger partial charge >= 0.3 is 0 Å². The summed E-state index contributed by atoms with van der Waals surface area (Å²) in [6.45, 7) is 2.12. The van der Waals surface area contributed by atoms with Crippen LogP contribution in [0.5, 0.6) is 0 Å². The first-order valence-corrected chi connectivity index (χ1v) is 27.5.